The number of hydrogen-bond acceptors (Lipinski definition) is 3. The van der Waals surface area contributed by atoms with Crippen molar-refractivity contribution in [2.45, 2.75) is 27.3 Å². The molecule has 0 radical (unpaired) electrons. The van der Waals surface area contributed by atoms with Crippen molar-refractivity contribution < 1.29 is 4.79 Å². The fourth-order valence-electron chi connectivity index (χ4n) is 2.25. The first kappa shape index (κ1) is 16.4. The molecule has 1 amide bonds. The molecule has 5 nitrogen and oxygen atoms in total. The van der Waals surface area contributed by atoms with Crippen LogP contribution in [-0.4, -0.2) is 28.8 Å². The summed E-state index contributed by atoms with van der Waals surface area (Å²) in [5.41, 5.74) is 2.11. The van der Waals surface area contributed by atoms with Gasteiger partial charge in [0.05, 0.1) is 5.02 Å². The van der Waals surface area contributed by atoms with E-state index in [-0.39, 0.29) is 11.6 Å². The van der Waals surface area contributed by atoms with Gasteiger partial charge in [-0.25, -0.2) is 0 Å². The number of aromatic nitrogens is 2. The van der Waals surface area contributed by atoms with Gasteiger partial charge in [-0.3, -0.25) is 9.48 Å². The molecule has 0 saturated carbocycles. The summed E-state index contributed by atoms with van der Waals surface area (Å²) in [6.45, 7) is 8.75. The molecule has 6 heteroatoms. The predicted molar refractivity (Wildman–Crippen MR) is 90.9 cm³/mol. The summed E-state index contributed by atoms with van der Waals surface area (Å²) in [6.07, 6.45) is 1.65. The van der Waals surface area contributed by atoms with Crippen LogP contribution < -0.4 is 10.2 Å². The van der Waals surface area contributed by atoms with Crippen molar-refractivity contribution >= 4 is 28.9 Å². The highest BCUT2D eigenvalue weighted by atomic mass is 35.5. The predicted octanol–water partition coefficient (Wildman–Crippen LogP) is 3.65. The van der Waals surface area contributed by atoms with Gasteiger partial charge in [-0.2, -0.15) is 5.10 Å². The number of benzene rings is 1. The standard InChI is InChI=1S/C16H21ClN4O/c1-4-20(5-2)13-9-7-12(8-10-13)18-16(22)15-14(17)11-21(6-3)19-15/h7-11H,4-6H2,1-3H3,(H,18,22). The van der Waals surface area contributed by atoms with Crippen LogP contribution in [0.25, 0.3) is 0 Å². The zero-order chi connectivity index (χ0) is 16.1. The molecule has 0 aliphatic heterocycles. The second-order valence-electron chi connectivity index (χ2n) is 4.85. The van der Waals surface area contributed by atoms with Gasteiger partial charge in [-0.1, -0.05) is 11.6 Å². The Morgan fingerprint density at radius 1 is 1.23 bits per heavy atom. The number of halogens is 1. The molecule has 22 heavy (non-hydrogen) atoms. The SMILES string of the molecule is CCN(CC)c1ccc(NC(=O)c2nn(CC)cc2Cl)cc1. The summed E-state index contributed by atoms with van der Waals surface area (Å²) >= 11 is 6.04. The molecule has 1 aromatic carbocycles. The zero-order valence-electron chi connectivity index (χ0n) is 13.1. The fourth-order valence-corrected chi connectivity index (χ4v) is 2.48. The number of carbonyl (C=O) groups excluding carboxylic acids is 1. The topological polar surface area (TPSA) is 50.2 Å². The van der Waals surface area contributed by atoms with Crippen molar-refractivity contribution in [3.8, 4) is 0 Å². The second kappa shape index (κ2) is 7.31. The van der Waals surface area contributed by atoms with E-state index >= 15 is 0 Å². The van der Waals surface area contributed by atoms with Crippen molar-refractivity contribution in [1.29, 1.82) is 0 Å². The number of anilines is 2. The molecular formula is C16H21ClN4O. The highest BCUT2D eigenvalue weighted by molar-refractivity contribution is 6.34. The van der Waals surface area contributed by atoms with Gasteiger partial charge in [0, 0.05) is 37.2 Å². The van der Waals surface area contributed by atoms with Crippen LogP contribution >= 0.6 is 11.6 Å². The molecule has 0 aliphatic carbocycles. The lowest BCUT2D eigenvalue weighted by atomic mass is 10.2. The van der Waals surface area contributed by atoms with Gasteiger partial charge in [-0.05, 0) is 45.0 Å². The van der Waals surface area contributed by atoms with E-state index in [0.29, 0.717) is 11.6 Å². The Labute approximate surface area is 135 Å². The van der Waals surface area contributed by atoms with E-state index in [1.807, 2.05) is 31.2 Å². The number of nitrogens with one attached hydrogen (secondary N) is 1. The lowest BCUT2D eigenvalue weighted by Crippen LogP contribution is -2.21. The summed E-state index contributed by atoms with van der Waals surface area (Å²) in [5, 5.41) is 7.34. The van der Waals surface area contributed by atoms with E-state index < -0.39 is 0 Å². The van der Waals surface area contributed by atoms with Gasteiger partial charge in [0.1, 0.15) is 0 Å². The quantitative estimate of drug-likeness (QED) is 0.883. The summed E-state index contributed by atoms with van der Waals surface area (Å²) in [5.74, 6) is -0.298. The molecule has 0 unspecified atom stereocenters. The number of nitrogens with zero attached hydrogens (tertiary/aromatic N) is 3. The summed E-state index contributed by atoms with van der Waals surface area (Å²) in [7, 11) is 0. The van der Waals surface area contributed by atoms with Crippen LogP contribution in [-0.2, 0) is 6.54 Å². The van der Waals surface area contributed by atoms with Crippen LogP contribution in [0.1, 0.15) is 31.3 Å². The summed E-state index contributed by atoms with van der Waals surface area (Å²) in [6, 6.07) is 7.76. The molecule has 2 rings (SSSR count). The molecule has 0 aliphatic rings. The number of hydrogen-bond donors (Lipinski definition) is 1. The van der Waals surface area contributed by atoms with Gasteiger partial charge >= 0.3 is 0 Å². The van der Waals surface area contributed by atoms with E-state index in [1.165, 1.54) is 0 Å². The molecule has 1 aromatic heterocycles. The Hall–Kier alpha value is -2.01. The molecule has 0 atom stereocenters. The van der Waals surface area contributed by atoms with Crippen molar-refractivity contribution in [2.24, 2.45) is 0 Å². The minimum atomic E-state index is -0.298. The maximum atomic E-state index is 12.2. The molecule has 1 N–H and O–H groups in total. The largest absolute Gasteiger partial charge is 0.372 e. The van der Waals surface area contributed by atoms with E-state index in [2.05, 4.69) is 29.2 Å². The fraction of sp³-hybridized carbons (Fsp3) is 0.375. The summed E-state index contributed by atoms with van der Waals surface area (Å²) < 4.78 is 1.64. The van der Waals surface area contributed by atoms with Crippen LogP contribution in [0.3, 0.4) is 0 Å². The lowest BCUT2D eigenvalue weighted by Gasteiger charge is -2.21. The highest BCUT2D eigenvalue weighted by Gasteiger charge is 2.15. The Kier molecular flexibility index (Phi) is 5.44. The molecule has 2 aromatic rings. The monoisotopic (exact) mass is 320 g/mol. The zero-order valence-corrected chi connectivity index (χ0v) is 13.9. The Balaban J connectivity index is 2.10. The van der Waals surface area contributed by atoms with E-state index in [0.717, 1.165) is 24.5 Å². The van der Waals surface area contributed by atoms with E-state index in [4.69, 9.17) is 11.6 Å². The van der Waals surface area contributed by atoms with Crippen molar-refractivity contribution in [1.82, 2.24) is 9.78 Å². The molecule has 0 bridgehead atoms. The number of amides is 1. The number of rotatable bonds is 6. The van der Waals surface area contributed by atoms with Gasteiger partial charge < -0.3 is 10.2 Å². The maximum absolute atomic E-state index is 12.2. The average Bonchev–Trinajstić information content (AvgIpc) is 2.91. The highest BCUT2D eigenvalue weighted by Crippen LogP contribution is 2.20. The van der Waals surface area contributed by atoms with Gasteiger partial charge in [-0.15, -0.1) is 0 Å². The van der Waals surface area contributed by atoms with Gasteiger partial charge in [0.25, 0.3) is 5.91 Å². The van der Waals surface area contributed by atoms with Crippen LogP contribution in [0.4, 0.5) is 11.4 Å². The Bertz CT molecular complexity index is 632. The first-order valence-electron chi connectivity index (χ1n) is 7.48. The van der Waals surface area contributed by atoms with Crippen LogP contribution in [0, 0.1) is 0 Å². The Morgan fingerprint density at radius 2 is 1.86 bits per heavy atom. The third kappa shape index (κ3) is 3.60. The van der Waals surface area contributed by atoms with Crippen LogP contribution in [0.15, 0.2) is 30.5 Å². The maximum Gasteiger partial charge on any atom is 0.277 e. The molecule has 0 saturated heterocycles. The third-order valence-corrected chi connectivity index (χ3v) is 3.79. The van der Waals surface area contributed by atoms with Crippen molar-refractivity contribution in [3.63, 3.8) is 0 Å². The second-order valence-corrected chi connectivity index (χ2v) is 5.26. The smallest absolute Gasteiger partial charge is 0.277 e. The van der Waals surface area contributed by atoms with Crippen LogP contribution in [0.5, 0.6) is 0 Å². The lowest BCUT2D eigenvalue weighted by molar-refractivity contribution is 0.102. The first-order valence-corrected chi connectivity index (χ1v) is 7.86. The van der Waals surface area contributed by atoms with Crippen molar-refractivity contribution in [3.05, 3.63) is 41.2 Å². The third-order valence-electron chi connectivity index (χ3n) is 3.51. The van der Waals surface area contributed by atoms with Crippen LogP contribution in [0.2, 0.25) is 5.02 Å². The Morgan fingerprint density at radius 3 is 2.36 bits per heavy atom. The molecule has 0 fully saturated rings. The van der Waals surface area contributed by atoms with E-state index in [9.17, 15) is 4.79 Å². The minimum Gasteiger partial charge on any atom is -0.372 e. The number of aryl methyl sites for hydroxylation is 1. The summed E-state index contributed by atoms with van der Waals surface area (Å²) in [4.78, 5) is 14.5. The molecule has 1 heterocycles. The molecule has 0 spiro atoms. The normalized spacial score (nSPS) is 10.5. The van der Waals surface area contributed by atoms with Crippen molar-refractivity contribution in [2.75, 3.05) is 23.3 Å². The molecule has 118 valence electrons. The average molecular weight is 321 g/mol. The first-order chi connectivity index (χ1) is 10.6. The van der Waals surface area contributed by atoms with Gasteiger partial charge in [0.15, 0.2) is 5.69 Å². The molecular weight excluding hydrogens is 300 g/mol. The minimum absolute atomic E-state index is 0.247. The van der Waals surface area contributed by atoms with Gasteiger partial charge in [0.2, 0.25) is 0 Å². The number of carbonyl (C=O) groups is 1. The van der Waals surface area contributed by atoms with E-state index in [1.54, 1.807) is 10.9 Å².